The van der Waals surface area contributed by atoms with E-state index >= 15 is 0 Å². The number of ether oxygens (including phenoxy) is 1. The van der Waals surface area contributed by atoms with Crippen LogP contribution >= 0.6 is 11.8 Å². The smallest absolute Gasteiger partial charge is 0.167 e. The number of carbonyl (C=O) groups excluding carboxylic acids is 1. The van der Waals surface area contributed by atoms with Crippen molar-refractivity contribution in [2.75, 3.05) is 12.9 Å². The molecule has 2 aromatic rings. The molecule has 1 aliphatic heterocycles. The van der Waals surface area contributed by atoms with Gasteiger partial charge in [-0.25, -0.2) is 0 Å². The topological polar surface area (TPSA) is 31.2 Å². The van der Waals surface area contributed by atoms with Crippen molar-refractivity contribution in [3.63, 3.8) is 0 Å². The third kappa shape index (κ3) is 1.47. The lowest BCUT2D eigenvalue weighted by Gasteiger charge is -2.11. The second kappa shape index (κ2) is 3.81. The maximum Gasteiger partial charge on any atom is 0.167 e. The maximum absolute atomic E-state index is 12.0. The van der Waals surface area contributed by atoms with Gasteiger partial charge in [-0.05, 0) is 12.1 Å². The Morgan fingerprint density at radius 2 is 2.24 bits per heavy atom. The summed E-state index contributed by atoms with van der Waals surface area (Å²) < 4.78 is 7.32. The minimum Gasteiger partial charge on any atom is -0.497 e. The zero-order valence-corrected chi connectivity index (χ0v) is 10.6. The van der Waals surface area contributed by atoms with Gasteiger partial charge in [-0.1, -0.05) is 0 Å². The molecule has 3 rings (SSSR count). The van der Waals surface area contributed by atoms with Crippen molar-refractivity contribution in [1.82, 2.24) is 4.57 Å². The molecule has 88 valence electrons. The van der Waals surface area contributed by atoms with E-state index in [4.69, 9.17) is 4.74 Å². The van der Waals surface area contributed by atoms with E-state index in [1.165, 1.54) is 0 Å². The fraction of sp³-hybridized carbons (Fsp3) is 0.308. The van der Waals surface area contributed by atoms with Gasteiger partial charge in [0.15, 0.2) is 5.78 Å². The number of Topliss-reactive ketones (excluding diaryl/α,β-unsaturated/α-hetero) is 1. The molecule has 1 aromatic heterocycles. The predicted octanol–water partition coefficient (Wildman–Crippen LogP) is 2.87. The highest BCUT2D eigenvalue weighted by Gasteiger charge is 2.25. The number of thioether (sulfide) groups is 1. The molecule has 17 heavy (non-hydrogen) atoms. The number of hydrogen-bond acceptors (Lipinski definition) is 3. The molecule has 4 heteroatoms. The average molecular weight is 247 g/mol. The van der Waals surface area contributed by atoms with E-state index < -0.39 is 0 Å². The van der Waals surface area contributed by atoms with E-state index in [-0.39, 0.29) is 5.78 Å². The summed E-state index contributed by atoms with van der Waals surface area (Å²) in [6, 6.07) is 5.88. The molecule has 1 aliphatic rings. The van der Waals surface area contributed by atoms with Gasteiger partial charge in [0.05, 0.1) is 23.2 Å². The van der Waals surface area contributed by atoms with Crippen LogP contribution in [0.15, 0.2) is 23.2 Å². The molecule has 0 spiro atoms. The first-order valence-electron chi connectivity index (χ1n) is 5.55. The molecule has 0 amide bonds. The minimum atomic E-state index is 0.259. The Hall–Kier alpha value is -1.42. The monoisotopic (exact) mass is 247 g/mol. The van der Waals surface area contributed by atoms with Crippen LogP contribution in [0.25, 0.3) is 10.9 Å². The summed E-state index contributed by atoms with van der Waals surface area (Å²) >= 11 is 1.76. The lowest BCUT2D eigenvalue weighted by atomic mass is 10.1. The Morgan fingerprint density at radius 1 is 1.41 bits per heavy atom. The van der Waals surface area contributed by atoms with Gasteiger partial charge >= 0.3 is 0 Å². The average Bonchev–Trinajstić information content (AvgIpc) is 2.64. The van der Waals surface area contributed by atoms with Crippen molar-refractivity contribution in [2.45, 2.75) is 11.4 Å². The number of rotatable bonds is 1. The largest absolute Gasteiger partial charge is 0.497 e. The molecule has 0 saturated heterocycles. The van der Waals surface area contributed by atoms with Gasteiger partial charge in [0.1, 0.15) is 5.75 Å². The predicted molar refractivity (Wildman–Crippen MR) is 69.1 cm³/mol. The molecule has 2 heterocycles. The number of aryl methyl sites for hydroxylation is 1. The third-order valence-electron chi connectivity index (χ3n) is 3.20. The molecule has 0 N–H and O–H groups in total. The van der Waals surface area contributed by atoms with Crippen molar-refractivity contribution in [3.8, 4) is 5.75 Å². The van der Waals surface area contributed by atoms with Crippen molar-refractivity contribution < 1.29 is 9.53 Å². The first-order valence-corrected chi connectivity index (χ1v) is 6.53. The van der Waals surface area contributed by atoms with Crippen molar-refractivity contribution in [1.29, 1.82) is 0 Å². The maximum atomic E-state index is 12.0. The van der Waals surface area contributed by atoms with Gasteiger partial charge in [-0.3, -0.25) is 4.79 Å². The van der Waals surface area contributed by atoms with Crippen LogP contribution in [0.3, 0.4) is 0 Å². The van der Waals surface area contributed by atoms with E-state index in [9.17, 15) is 4.79 Å². The highest BCUT2D eigenvalue weighted by Crippen LogP contribution is 2.38. The summed E-state index contributed by atoms with van der Waals surface area (Å²) in [5.74, 6) is 1.97. The van der Waals surface area contributed by atoms with Crippen molar-refractivity contribution in [3.05, 3.63) is 23.8 Å². The lowest BCUT2D eigenvalue weighted by molar-refractivity contribution is 0.0986. The second-order valence-electron chi connectivity index (χ2n) is 4.14. The molecular weight excluding hydrogens is 234 g/mol. The Balaban J connectivity index is 2.36. The Kier molecular flexibility index (Phi) is 2.40. The first kappa shape index (κ1) is 10.7. The molecule has 0 bridgehead atoms. The van der Waals surface area contributed by atoms with E-state index in [1.54, 1.807) is 18.9 Å². The van der Waals surface area contributed by atoms with E-state index in [0.29, 0.717) is 6.42 Å². The lowest BCUT2D eigenvalue weighted by Crippen LogP contribution is -2.08. The number of aromatic nitrogens is 1. The minimum absolute atomic E-state index is 0.259. The fourth-order valence-electron chi connectivity index (χ4n) is 2.32. The zero-order chi connectivity index (χ0) is 12.0. The van der Waals surface area contributed by atoms with Gasteiger partial charge < -0.3 is 9.30 Å². The SMILES string of the molecule is COc1ccc2c3c(n(C)c2c1)SCCC3=O. The quantitative estimate of drug-likeness (QED) is 0.776. The van der Waals surface area contributed by atoms with Gasteiger partial charge in [0.25, 0.3) is 0 Å². The van der Waals surface area contributed by atoms with E-state index in [2.05, 4.69) is 4.57 Å². The van der Waals surface area contributed by atoms with Gasteiger partial charge in [0, 0.05) is 30.7 Å². The number of carbonyl (C=O) groups is 1. The highest BCUT2D eigenvalue weighted by atomic mass is 32.2. The second-order valence-corrected chi connectivity index (χ2v) is 5.23. The van der Waals surface area contributed by atoms with Crippen LogP contribution in [0.5, 0.6) is 5.75 Å². The molecule has 1 aromatic carbocycles. The van der Waals surface area contributed by atoms with Crippen LogP contribution in [-0.4, -0.2) is 23.2 Å². The number of benzene rings is 1. The number of methoxy groups -OCH3 is 1. The fourth-order valence-corrected chi connectivity index (χ4v) is 3.46. The van der Waals surface area contributed by atoms with E-state index in [0.717, 1.165) is 33.0 Å². The van der Waals surface area contributed by atoms with Gasteiger partial charge in [-0.2, -0.15) is 0 Å². The summed E-state index contributed by atoms with van der Waals surface area (Å²) in [4.78, 5) is 12.0. The highest BCUT2D eigenvalue weighted by molar-refractivity contribution is 7.99. The number of ketones is 1. The molecular formula is C13H13NO2S. The summed E-state index contributed by atoms with van der Waals surface area (Å²) in [6.07, 6.45) is 0.642. The van der Waals surface area contributed by atoms with Crippen LogP contribution in [0.2, 0.25) is 0 Å². The summed E-state index contributed by atoms with van der Waals surface area (Å²) in [6.45, 7) is 0. The summed E-state index contributed by atoms with van der Waals surface area (Å²) in [7, 11) is 3.66. The molecule has 0 aliphatic carbocycles. The molecule has 0 fully saturated rings. The van der Waals surface area contributed by atoms with Crippen LogP contribution in [0.4, 0.5) is 0 Å². The van der Waals surface area contributed by atoms with Crippen LogP contribution in [0.1, 0.15) is 16.8 Å². The van der Waals surface area contributed by atoms with E-state index in [1.807, 2.05) is 25.2 Å². The van der Waals surface area contributed by atoms with Crippen molar-refractivity contribution in [2.24, 2.45) is 7.05 Å². The third-order valence-corrected chi connectivity index (χ3v) is 4.36. The van der Waals surface area contributed by atoms with Gasteiger partial charge in [0.2, 0.25) is 0 Å². The van der Waals surface area contributed by atoms with Gasteiger partial charge in [-0.15, -0.1) is 11.8 Å². The standard InChI is InChI=1S/C13H13NO2S/c1-14-10-7-8(16-2)3-4-9(10)12-11(15)5-6-17-13(12)14/h3-4,7H,5-6H2,1-2H3. The zero-order valence-electron chi connectivity index (χ0n) is 9.82. The molecule has 0 atom stereocenters. The molecule has 0 saturated carbocycles. The first-order chi connectivity index (χ1) is 8.22. The number of fused-ring (bicyclic) bond motifs is 3. The molecule has 3 nitrogen and oxygen atoms in total. The molecule has 0 unspecified atom stereocenters. The molecule has 0 radical (unpaired) electrons. The normalized spacial score (nSPS) is 15.1. The van der Waals surface area contributed by atoms with Crippen LogP contribution in [0, 0.1) is 0 Å². The number of nitrogens with zero attached hydrogens (tertiary/aromatic N) is 1. The van der Waals surface area contributed by atoms with Crippen molar-refractivity contribution >= 4 is 28.4 Å². The summed E-state index contributed by atoms with van der Waals surface area (Å²) in [5, 5.41) is 2.13. The number of hydrogen-bond donors (Lipinski definition) is 0. The van der Waals surface area contributed by atoms with Crippen LogP contribution < -0.4 is 4.74 Å². The Labute approximate surface area is 104 Å². The Bertz CT molecular complexity index is 615. The van der Waals surface area contributed by atoms with Crippen LogP contribution in [-0.2, 0) is 7.05 Å². The Morgan fingerprint density at radius 3 is 3.00 bits per heavy atom. The summed E-state index contributed by atoms with van der Waals surface area (Å²) in [5.41, 5.74) is 1.96.